The third kappa shape index (κ3) is 4.21. The first-order valence-electron chi connectivity index (χ1n) is 7.38. The molecule has 2 N–H and O–H groups in total. The lowest BCUT2D eigenvalue weighted by molar-refractivity contribution is -0.143. The smallest absolute Gasteiger partial charge is 0.306 e. The highest BCUT2D eigenvalue weighted by Gasteiger charge is 2.25. The maximum atomic E-state index is 12.2. The maximum absolute atomic E-state index is 12.2. The van der Waals surface area contributed by atoms with Crippen molar-refractivity contribution < 1.29 is 14.7 Å². The summed E-state index contributed by atoms with van der Waals surface area (Å²) < 4.78 is 0. The predicted molar refractivity (Wildman–Crippen MR) is 86.4 cm³/mol. The standard InChI is InChI=1S/C16H21ClN2O3/c1-10-7-11(2)15(13(17)8-10)18-14(20)9-19-5-3-12(4-6-19)16(21)22/h7-8,12H,3-6,9H2,1-2H3,(H,18,20)(H,21,22). The monoisotopic (exact) mass is 324 g/mol. The number of nitrogens with zero attached hydrogens (tertiary/aromatic N) is 1. The molecule has 1 fully saturated rings. The van der Waals surface area contributed by atoms with Crippen LogP contribution in [0.2, 0.25) is 5.02 Å². The fourth-order valence-electron chi connectivity index (χ4n) is 2.79. The summed E-state index contributed by atoms with van der Waals surface area (Å²) in [6.45, 7) is 5.38. The lowest BCUT2D eigenvalue weighted by atomic mass is 9.97. The van der Waals surface area contributed by atoms with Crippen molar-refractivity contribution in [2.24, 2.45) is 5.92 Å². The van der Waals surface area contributed by atoms with Crippen molar-refractivity contribution in [2.75, 3.05) is 25.0 Å². The van der Waals surface area contributed by atoms with E-state index in [0.29, 0.717) is 36.6 Å². The zero-order chi connectivity index (χ0) is 16.3. The molecule has 1 aromatic carbocycles. The number of carbonyl (C=O) groups excluding carboxylic acids is 1. The number of amides is 1. The van der Waals surface area contributed by atoms with Crippen LogP contribution in [0.25, 0.3) is 0 Å². The predicted octanol–water partition coefficient (Wildman–Crippen LogP) is 2.69. The van der Waals surface area contributed by atoms with Gasteiger partial charge in [0.05, 0.1) is 23.2 Å². The number of carboxylic acid groups (broad SMARTS) is 1. The van der Waals surface area contributed by atoms with Crippen molar-refractivity contribution in [2.45, 2.75) is 26.7 Å². The summed E-state index contributed by atoms with van der Waals surface area (Å²) in [5.74, 6) is -1.15. The minimum absolute atomic E-state index is 0.123. The van der Waals surface area contributed by atoms with Crippen LogP contribution in [0, 0.1) is 19.8 Å². The summed E-state index contributed by atoms with van der Waals surface area (Å²) >= 11 is 6.18. The highest BCUT2D eigenvalue weighted by atomic mass is 35.5. The highest BCUT2D eigenvalue weighted by molar-refractivity contribution is 6.34. The van der Waals surface area contributed by atoms with Crippen molar-refractivity contribution in [1.29, 1.82) is 0 Å². The van der Waals surface area contributed by atoms with Crippen LogP contribution in [0.15, 0.2) is 12.1 Å². The van der Waals surface area contributed by atoms with E-state index in [1.165, 1.54) is 0 Å². The van der Waals surface area contributed by atoms with E-state index in [9.17, 15) is 9.59 Å². The Labute approximate surface area is 135 Å². The molecule has 0 unspecified atom stereocenters. The Morgan fingerprint density at radius 3 is 2.50 bits per heavy atom. The van der Waals surface area contributed by atoms with Crippen LogP contribution in [-0.2, 0) is 9.59 Å². The average molecular weight is 325 g/mol. The Bertz CT molecular complexity index is 558. The van der Waals surface area contributed by atoms with Gasteiger partial charge >= 0.3 is 5.97 Å². The SMILES string of the molecule is Cc1cc(C)c(NC(=O)CN2CCC(C(=O)O)CC2)c(Cl)c1. The van der Waals surface area contributed by atoms with Crippen LogP contribution in [-0.4, -0.2) is 41.5 Å². The summed E-state index contributed by atoms with van der Waals surface area (Å²) in [6.07, 6.45) is 1.18. The van der Waals surface area contributed by atoms with Crippen molar-refractivity contribution in [3.05, 3.63) is 28.3 Å². The molecule has 0 radical (unpaired) electrons. The van der Waals surface area contributed by atoms with E-state index >= 15 is 0 Å². The van der Waals surface area contributed by atoms with Gasteiger partial charge in [-0.15, -0.1) is 0 Å². The number of carboxylic acids is 1. The van der Waals surface area contributed by atoms with E-state index in [2.05, 4.69) is 5.32 Å². The van der Waals surface area contributed by atoms with Gasteiger partial charge in [-0.1, -0.05) is 17.7 Å². The number of nitrogens with one attached hydrogen (secondary N) is 1. The molecule has 1 heterocycles. The van der Waals surface area contributed by atoms with E-state index in [4.69, 9.17) is 16.7 Å². The van der Waals surface area contributed by atoms with E-state index in [1.807, 2.05) is 30.9 Å². The number of hydrogen-bond donors (Lipinski definition) is 2. The van der Waals surface area contributed by atoms with Crippen LogP contribution >= 0.6 is 11.6 Å². The van der Waals surface area contributed by atoms with Gasteiger partial charge in [-0.25, -0.2) is 0 Å². The minimum Gasteiger partial charge on any atom is -0.481 e. The van der Waals surface area contributed by atoms with Crippen LogP contribution in [0.3, 0.4) is 0 Å². The Hall–Kier alpha value is -1.59. The Kier molecular flexibility index (Phi) is 5.42. The number of anilines is 1. The normalized spacial score (nSPS) is 16.5. The molecule has 5 nitrogen and oxygen atoms in total. The number of aryl methyl sites for hydroxylation is 2. The first-order valence-corrected chi connectivity index (χ1v) is 7.76. The average Bonchev–Trinajstić information content (AvgIpc) is 2.43. The fraction of sp³-hybridized carbons (Fsp3) is 0.500. The summed E-state index contributed by atoms with van der Waals surface area (Å²) in [5.41, 5.74) is 2.64. The van der Waals surface area contributed by atoms with Crippen LogP contribution in [0.4, 0.5) is 5.69 Å². The van der Waals surface area contributed by atoms with Crippen LogP contribution in [0.5, 0.6) is 0 Å². The molecule has 0 spiro atoms. The molecule has 0 bridgehead atoms. The summed E-state index contributed by atoms with van der Waals surface area (Å²) in [7, 11) is 0. The molecule has 1 aliphatic heterocycles. The molecule has 0 aromatic heterocycles. The van der Waals surface area contributed by atoms with Gasteiger partial charge in [0.25, 0.3) is 0 Å². The minimum atomic E-state index is -0.744. The number of likely N-dealkylation sites (tertiary alicyclic amines) is 1. The van der Waals surface area contributed by atoms with Gasteiger partial charge in [0, 0.05) is 0 Å². The Balaban J connectivity index is 1.90. The number of halogens is 1. The molecule has 6 heteroatoms. The van der Waals surface area contributed by atoms with E-state index in [-0.39, 0.29) is 18.4 Å². The summed E-state index contributed by atoms with van der Waals surface area (Å²) in [6, 6.07) is 3.79. The number of rotatable bonds is 4. The molecular weight excluding hydrogens is 304 g/mol. The quantitative estimate of drug-likeness (QED) is 0.893. The van der Waals surface area contributed by atoms with E-state index in [0.717, 1.165) is 11.1 Å². The number of carbonyl (C=O) groups is 2. The lowest BCUT2D eigenvalue weighted by Crippen LogP contribution is -2.40. The van der Waals surface area contributed by atoms with Gasteiger partial charge in [0.1, 0.15) is 0 Å². The van der Waals surface area contributed by atoms with Gasteiger partial charge in [0.15, 0.2) is 0 Å². The Morgan fingerprint density at radius 2 is 1.95 bits per heavy atom. The second-order valence-corrected chi connectivity index (χ2v) is 6.28. The third-order valence-corrected chi connectivity index (χ3v) is 4.30. The van der Waals surface area contributed by atoms with Crippen LogP contribution in [0.1, 0.15) is 24.0 Å². The molecule has 0 saturated carbocycles. The molecule has 0 aliphatic carbocycles. The number of benzene rings is 1. The molecule has 1 aromatic rings. The maximum Gasteiger partial charge on any atom is 0.306 e. The first kappa shape index (κ1) is 16.8. The largest absolute Gasteiger partial charge is 0.481 e. The molecule has 2 rings (SSSR count). The third-order valence-electron chi connectivity index (χ3n) is 4.00. The molecule has 1 amide bonds. The molecule has 120 valence electrons. The molecule has 1 aliphatic rings. The number of hydrogen-bond acceptors (Lipinski definition) is 3. The number of piperidine rings is 1. The Morgan fingerprint density at radius 1 is 1.32 bits per heavy atom. The lowest BCUT2D eigenvalue weighted by Gasteiger charge is -2.29. The van der Waals surface area contributed by atoms with Crippen molar-refractivity contribution in [3.8, 4) is 0 Å². The second-order valence-electron chi connectivity index (χ2n) is 5.88. The van der Waals surface area contributed by atoms with Gasteiger partial charge in [0.2, 0.25) is 5.91 Å². The molecule has 1 saturated heterocycles. The highest BCUT2D eigenvalue weighted by Crippen LogP contribution is 2.27. The first-order chi connectivity index (χ1) is 10.4. The van der Waals surface area contributed by atoms with Gasteiger partial charge in [-0.2, -0.15) is 0 Å². The molecular formula is C16H21ClN2O3. The van der Waals surface area contributed by atoms with Gasteiger partial charge < -0.3 is 10.4 Å². The zero-order valence-electron chi connectivity index (χ0n) is 12.9. The van der Waals surface area contributed by atoms with E-state index < -0.39 is 5.97 Å². The summed E-state index contributed by atoms with van der Waals surface area (Å²) in [4.78, 5) is 25.1. The fourth-order valence-corrected chi connectivity index (χ4v) is 3.16. The van der Waals surface area contributed by atoms with Gasteiger partial charge in [-0.05, 0) is 57.0 Å². The van der Waals surface area contributed by atoms with Crippen molar-refractivity contribution in [1.82, 2.24) is 4.90 Å². The van der Waals surface area contributed by atoms with Gasteiger partial charge in [-0.3, -0.25) is 14.5 Å². The molecule has 22 heavy (non-hydrogen) atoms. The summed E-state index contributed by atoms with van der Waals surface area (Å²) in [5, 5.41) is 12.4. The van der Waals surface area contributed by atoms with Crippen molar-refractivity contribution >= 4 is 29.2 Å². The second kappa shape index (κ2) is 7.11. The van der Waals surface area contributed by atoms with Crippen molar-refractivity contribution in [3.63, 3.8) is 0 Å². The topological polar surface area (TPSA) is 69.6 Å². The van der Waals surface area contributed by atoms with Crippen LogP contribution < -0.4 is 5.32 Å². The number of aliphatic carboxylic acids is 1. The molecule has 0 atom stereocenters. The van der Waals surface area contributed by atoms with E-state index in [1.54, 1.807) is 0 Å². The zero-order valence-corrected chi connectivity index (χ0v) is 13.6.